The summed E-state index contributed by atoms with van der Waals surface area (Å²) >= 11 is 8.16. The Hall–Kier alpha value is -1.89. The summed E-state index contributed by atoms with van der Waals surface area (Å²) in [5.74, 6) is 0.557. The van der Waals surface area contributed by atoms with Crippen molar-refractivity contribution in [2.45, 2.75) is 104 Å². The molecule has 0 radical (unpaired) electrons. The third-order valence-corrected chi connectivity index (χ3v) is 8.31. The van der Waals surface area contributed by atoms with E-state index in [0.717, 1.165) is 36.2 Å². The highest BCUT2D eigenvalue weighted by molar-refractivity contribution is 7.07. The minimum absolute atomic E-state index is 0. The van der Waals surface area contributed by atoms with Crippen LogP contribution in [0.2, 0.25) is 5.02 Å². The van der Waals surface area contributed by atoms with Crippen LogP contribution in [0, 0.1) is 6.92 Å². The van der Waals surface area contributed by atoms with Gasteiger partial charge in [-0.1, -0.05) is 131 Å². The van der Waals surface area contributed by atoms with Crippen molar-refractivity contribution < 1.29 is 31.1 Å². The molecule has 0 aliphatic carbocycles. The number of hydrogen-bond acceptors (Lipinski definition) is 3. The van der Waals surface area contributed by atoms with Crippen LogP contribution in [0.25, 0.3) is 0 Å². The Morgan fingerprint density at radius 1 is 0.875 bits per heavy atom. The Morgan fingerprint density at radius 3 is 2.15 bits per heavy atom. The summed E-state index contributed by atoms with van der Waals surface area (Å²) in [7, 11) is 0. The molecule has 4 nitrogen and oxygen atoms in total. The molecule has 0 saturated heterocycles. The highest BCUT2D eigenvalue weighted by Gasteiger charge is 2.16. The fourth-order valence-corrected chi connectivity index (χ4v) is 5.85. The van der Waals surface area contributed by atoms with Gasteiger partial charge in [0.15, 0.2) is 12.2 Å². The maximum Gasteiger partial charge on any atom is 0.228 e. The average molecular weight is 650 g/mol. The average Bonchev–Trinajstić information content (AvgIpc) is 3.33. The van der Waals surface area contributed by atoms with Crippen LogP contribution < -0.4 is 31.6 Å². The van der Waals surface area contributed by atoms with Crippen molar-refractivity contribution in [1.82, 2.24) is 0 Å². The molecule has 0 atom stereocenters. The number of thiazole rings is 1. The van der Waals surface area contributed by atoms with Crippen molar-refractivity contribution >= 4 is 34.5 Å². The van der Waals surface area contributed by atoms with Gasteiger partial charge in [0.1, 0.15) is 5.75 Å². The first kappa shape index (κ1) is 34.3. The molecule has 3 aromatic rings. The number of hydrogen-bond donors (Lipinski definition) is 1. The van der Waals surface area contributed by atoms with Gasteiger partial charge in [-0.15, -0.1) is 0 Å². The molecule has 1 amide bonds. The fourth-order valence-electron chi connectivity index (χ4n) is 4.82. The number of benzene rings is 2. The number of aromatic nitrogens is 1. The van der Waals surface area contributed by atoms with Gasteiger partial charge in [0.05, 0.1) is 29.1 Å². The molecule has 0 spiro atoms. The van der Waals surface area contributed by atoms with Crippen LogP contribution in [0.1, 0.15) is 101 Å². The molecule has 0 fully saturated rings. The van der Waals surface area contributed by atoms with E-state index in [4.69, 9.17) is 16.3 Å². The molecule has 1 heterocycles. The van der Waals surface area contributed by atoms with Crippen LogP contribution in [0.5, 0.6) is 5.75 Å². The molecule has 1 N–H and O–H groups in total. The summed E-state index contributed by atoms with van der Waals surface area (Å²) in [5.41, 5.74) is 6.03. The smallest absolute Gasteiger partial charge is 0.228 e. The molecule has 0 aliphatic rings. The molecule has 220 valence electrons. The molecule has 2 aromatic carbocycles. The van der Waals surface area contributed by atoms with Crippen molar-refractivity contribution in [2.75, 3.05) is 11.9 Å². The van der Waals surface area contributed by atoms with E-state index in [0.29, 0.717) is 17.4 Å². The highest BCUT2D eigenvalue weighted by atomic mass is 79.9. The topological polar surface area (TPSA) is 42.2 Å². The van der Waals surface area contributed by atoms with Crippen LogP contribution in [0.4, 0.5) is 5.69 Å². The number of amides is 1. The first-order valence-corrected chi connectivity index (χ1v) is 16.1. The van der Waals surface area contributed by atoms with E-state index in [1.165, 1.54) is 69.9 Å². The molecule has 0 saturated carbocycles. The van der Waals surface area contributed by atoms with Gasteiger partial charge in [-0.3, -0.25) is 4.79 Å². The summed E-state index contributed by atoms with van der Waals surface area (Å²) in [4.78, 5) is 13.0. The molecule has 40 heavy (non-hydrogen) atoms. The maximum absolute atomic E-state index is 13.0. The fraction of sp³-hybridized carbons (Fsp3) is 0.515. The molecule has 7 heteroatoms. The van der Waals surface area contributed by atoms with E-state index >= 15 is 0 Å². The number of unbranched alkanes of at least 4 members (excludes halogenated alkanes) is 11. The minimum Gasteiger partial charge on any atom is -1.00 e. The normalized spacial score (nSPS) is 10.8. The van der Waals surface area contributed by atoms with Crippen molar-refractivity contribution in [3.8, 4) is 5.75 Å². The Balaban J connectivity index is 0.00000560. The van der Waals surface area contributed by atoms with Crippen molar-refractivity contribution in [3.63, 3.8) is 0 Å². The lowest BCUT2D eigenvalue weighted by molar-refractivity contribution is -0.689. The second-order valence-corrected chi connectivity index (χ2v) is 11.6. The largest absolute Gasteiger partial charge is 1.00 e. The number of para-hydroxylation sites is 2. The minimum atomic E-state index is -0.0769. The summed E-state index contributed by atoms with van der Waals surface area (Å²) in [6, 6.07) is 13.6. The first-order valence-electron chi connectivity index (χ1n) is 14.8. The summed E-state index contributed by atoms with van der Waals surface area (Å²) in [6.07, 6.45) is 15.9. The van der Waals surface area contributed by atoms with Gasteiger partial charge < -0.3 is 27.0 Å². The van der Waals surface area contributed by atoms with Gasteiger partial charge >= 0.3 is 0 Å². The number of rotatable bonds is 19. The van der Waals surface area contributed by atoms with Gasteiger partial charge in [-0.2, -0.15) is 4.57 Å². The monoisotopic (exact) mass is 648 g/mol. The number of nitrogens with one attached hydrogen (secondary N) is 1. The van der Waals surface area contributed by atoms with Crippen molar-refractivity contribution in [2.24, 2.45) is 0 Å². The molecular weight excluding hydrogens is 604 g/mol. The number of aryl methyl sites for hydroxylation is 1. The van der Waals surface area contributed by atoms with E-state index in [1.54, 1.807) is 11.3 Å². The number of anilines is 1. The number of ether oxygens (including phenoxy) is 1. The van der Waals surface area contributed by atoms with Crippen LogP contribution >= 0.6 is 22.9 Å². The lowest BCUT2D eigenvalue weighted by Gasteiger charge is -2.14. The first-order chi connectivity index (χ1) is 19.1. The summed E-state index contributed by atoms with van der Waals surface area (Å²) in [5, 5.41) is 5.79. The second kappa shape index (κ2) is 20.1. The van der Waals surface area contributed by atoms with E-state index in [1.807, 2.05) is 36.4 Å². The van der Waals surface area contributed by atoms with Crippen molar-refractivity contribution in [1.29, 1.82) is 0 Å². The standard InChI is InChI=1S/C33H45ClN2O2S.BrH/c1-3-4-5-6-7-8-9-10-11-12-13-16-22-38-33-28(19-17-20-30(33)34)23-32(37)35-31-21-15-14-18-29(31)24-36-26-39-25-27(36)2;/h14-15,17-21,25-26H,3-13,16,22-24H2,1-2H3;1H. The van der Waals surface area contributed by atoms with Crippen LogP contribution in [0.15, 0.2) is 53.4 Å². The number of nitrogens with zero attached hydrogens (tertiary/aromatic N) is 1. The number of halogens is 2. The van der Waals surface area contributed by atoms with Gasteiger partial charge in [-0.25, -0.2) is 0 Å². The Bertz CT molecular complexity index is 1140. The summed E-state index contributed by atoms with van der Waals surface area (Å²) in [6.45, 7) is 5.70. The van der Waals surface area contributed by atoms with Crippen molar-refractivity contribution in [3.05, 3.63) is 75.2 Å². The molecule has 1 aromatic heterocycles. The maximum atomic E-state index is 13.0. The zero-order valence-corrected chi connectivity index (χ0v) is 27.4. The quantitative estimate of drug-likeness (QED) is 0.122. The second-order valence-electron chi connectivity index (χ2n) is 10.5. The van der Waals surface area contributed by atoms with Crippen LogP contribution in [-0.4, -0.2) is 12.5 Å². The number of carbonyl (C=O) groups excluding carboxylic acids is 1. The van der Waals surface area contributed by atoms with E-state index in [9.17, 15) is 4.79 Å². The van der Waals surface area contributed by atoms with Crippen LogP contribution in [-0.2, 0) is 17.8 Å². The predicted molar refractivity (Wildman–Crippen MR) is 165 cm³/mol. The molecule has 0 aliphatic heterocycles. The SMILES string of the molecule is CCCCCCCCCCCCCCOc1c(Cl)cccc1CC(=O)Nc1ccccc1C[n+]1cscc1C.[Br-]. The third-order valence-electron chi connectivity index (χ3n) is 7.16. The van der Waals surface area contributed by atoms with E-state index < -0.39 is 0 Å². The summed E-state index contributed by atoms with van der Waals surface area (Å²) < 4.78 is 8.29. The Labute approximate surface area is 261 Å². The molecule has 3 rings (SSSR count). The molecule has 0 unspecified atom stereocenters. The number of carbonyl (C=O) groups is 1. The van der Waals surface area contributed by atoms with Gasteiger partial charge in [0.2, 0.25) is 11.4 Å². The molecule has 0 bridgehead atoms. The zero-order valence-electron chi connectivity index (χ0n) is 24.2. The predicted octanol–water partition coefficient (Wildman–Crippen LogP) is 6.31. The van der Waals surface area contributed by atoms with Gasteiger partial charge in [0, 0.05) is 18.1 Å². The van der Waals surface area contributed by atoms with E-state index in [-0.39, 0.29) is 29.3 Å². The van der Waals surface area contributed by atoms with Crippen LogP contribution in [0.3, 0.4) is 0 Å². The van der Waals surface area contributed by atoms with Gasteiger partial charge in [-0.05, 0) is 18.6 Å². The van der Waals surface area contributed by atoms with E-state index in [2.05, 4.69) is 40.7 Å². The Kier molecular flexibility index (Phi) is 17.2. The third kappa shape index (κ3) is 12.3. The zero-order chi connectivity index (χ0) is 27.7. The lowest BCUT2D eigenvalue weighted by Crippen LogP contribution is -3.00. The lowest BCUT2D eigenvalue weighted by atomic mass is 10.1. The highest BCUT2D eigenvalue weighted by Crippen LogP contribution is 2.30. The Morgan fingerprint density at radius 2 is 1.50 bits per heavy atom. The van der Waals surface area contributed by atoms with Gasteiger partial charge in [0.25, 0.3) is 0 Å². The molecular formula is C33H46BrClN2O2S.